The highest BCUT2D eigenvalue weighted by atomic mass is 35.5. The Hall–Kier alpha value is -1.38. The lowest BCUT2D eigenvalue weighted by Gasteiger charge is -2.17. The summed E-state index contributed by atoms with van der Waals surface area (Å²) < 4.78 is 0. The van der Waals surface area contributed by atoms with E-state index >= 15 is 0 Å². The van der Waals surface area contributed by atoms with Crippen LogP contribution >= 0.6 is 11.6 Å². The predicted molar refractivity (Wildman–Crippen MR) is 80.3 cm³/mol. The third-order valence-corrected chi connectivity index (χ3v) is 3.43. The van der Waals surface area contributed by atoms with Gasteiger partial charge in [0.15, 0.2) is 0 Å². The molecule has 1 atom stereocenters. The van der Waals surface area contributed by atoms with Crippen LogP contribution in [0.2, 0.25) is 5.02 Å². The van der Waals surface area contributed by atoms with E-state index in [1.54, 1.807) is 0 Å². The average molecular weight is 275 g/mol. The lowest BCUT2D eigenvalue weighted by atomic mass is 10.0. The SMILES string of the molecule is CCC(NCc1ccc(C)cn1)c1ccc(Cl)cc1. The fraction of sp³-hybridized carbons (Fsp3) is 0.312. The monoisotopic (exact) mass is 274 g/mol. The highest BCUT2D eigenvalue weighted by Crippen LogP contribution is 2.19. The Morgan fingerprint density at radius 1 is 1.16 bits per heavy atom. The van der Waals surface area contributed by atoms with Gasteiger partial charge in [0, 0.05) is 23.8 Å². The maximum absolute atomic E-state index is 5.92. The molecule has 0 fully saturated rings. The zero-order chi connectivity index (χ0) is 13.7. The molecule has 1 unspecified atom stereocenters. The Morgan fingerprint density at radius 3 is 2.47 bits per heavy atom. The first-order valence-corrected chi connectivity index (χ1v) is 6.97. The van der Waals surface area contributed by atoms with Gasteiger partial charge in [-0.1, -0.05) is 36.7 Å². The van der Waals surface area contributed by atoms with Gasteiger partial charge in [0.2, 0.25) is 0 Å². The zero-order valence-electron chi connectivity index (χ0n) is 11.4. The van der Waals surface area contributed by atoms with Crippen molar-refractivity contribution in [3.05, 3.63) is 64.4 Å². The molecule has 100 valence electrons. The summed E-state index contributed by atoms with van der Waals surface area (Å²) >= 11 is 5.92. The van der Waals surface area contributed by atoms with Crippen LogP contribution in [-0.4, -0.2) is 4.98 Å². The number of benzene rings is 1. The number of nitrogens with zero attached hydrogens (tertiary/aromatic N) is 1. The molecule has 0 amide bonds. The van der Waals surface area contributed by atoms with E-state index in [-0.39, 0.29) is 0 Å². The molecule has 0 aliphatic carbocycles. The van der Waals surface area contributed by atoms with E-state index in [0.29, 0.717) is 6.04 Å². The van der Waals surface area contributed by atoms with Crippen LogP contribution in [0.25, 0.3) is 0 Å². The predicted octanol–water partition coefficient (Wildman–Crippen LogP) is 4.28. The van der Waals surface area contributed by atoms with Crippen LogP contribution in [0, 0.1) is 6.92 Å². The first kappa shape index (κ1) is 14.0. The minimum absolute atomic E-state index is 0.334. The van der Waals surface area contributed by atoms with Crippen LogP contribution < -0.4 is 5.32 Å². The van der Waals surface area contributed by atoms with Crippen molar-refractivity contribution in [2.45, 2.75) is 32.9 Å². The minimum atomic E-state index is 0.334. The summed E-state index contributed by atoms with van der Waals surface area (Å²) in [5, 5.41) is 4.31. The Labute approximate surface area is 119 Å². The topological polar surface area (TPSA) is 24.9 Å². The lowest BCUT2D eigenvalue weighted by molar-refractivity contribution is 0.514. The van der Waals surface area contributed by atoms with Crippen molar-refractivity contribution in [2.24, 2.45) is 0 Å². The fourth-order valence-corrected chi connectivity index (χ4v) is 2.15. The van der Waals surface area contributed by atoms with Crippen molar-refractivity contribution < 1.29 is 0 Å². The molecule has 3 heteroatoms. The van der Waals surface area contributed by atoms with Crippen LogP contribution in [0.5, 0.6) is 0 Å². The van der Waals surface area contributed by atoms with Gasteiger partial charge in [-0.3, -0.25) is 4.98 Å². The lowest BCUT2D eigenvalue weighted by Crippen LogP contribution is -2.20. The summed E-state index contributed by atoms with van der Waals surface area (Å²) in [6.45, 7) is 5.00. The first-order chi connectivity index (χ1) is 9.19. The Balaban J connectivity index is 1.99. The average Bonchev–Trinajstić information content (AvgIpc) is 2.43. The molecule has 1 aromatic heterocycles. The molecule has 19 heavy (non-hydrogen) atoms. The number of hydrogen-bond donors (Lipinski definition) is 1. The van der Waals surface area contributed by atoms with Crippen molar-refractivity contribution in [3.63, 3.8) is 0 Å². The molecule has 2 rings (SSSR count). The van der Waals surface area contributed by atoms with E-state index < -0.39 is 0 Å². The number of rotatable bonds is 5. The molecule has 2 aromatic rings. The van der Waals surface area contributed by atoms with Crippen molar-refractivity contribution in [1.29, 1.82) is 0 Å². The number of halogens is 1. The van der Waals surface area contributed by atoms with Crippen molar-refractivity contribution in [1.82, 2.24) is 10.3 Å². The minimum Gasteiger partial charge on any atom is -0.304 e. The van der Waals surface area contributed by atoms with Crippen molar-refractivity contribution in [2.75, 3.05) is 0 Å². The van der Waals surface area contributed by atoms with Gasteiger partial charge >= 0.3 is 0 Å². The Bertz CT molecular complexity index is 505. The number of aromatic nitrogens is 1. The molecule has 0 aliphatic heterocycles. The van der Waals surface area contributed by atoms with Crippen LogP contribution in [0.4, 0.5) is 0 Å². The molecule has 0 spiro atoms. The van der Waals surface area contributed by atoms with E-state index in [1.807, 2.05) is 25.3 Å². The van der Waals surface area contributed by atoms with Crippen LogP contribution in [0.15, 0.2) is 42.6 Å². The second-order valence-electron chi connectivity index (χ2n) is 4.72. The summed E-state index contributed by atoms with van der Waals surface area (Å²) in [5.41, 5.74) is 3.52. The van der Waals surface area contributed by atoms with Gasteiger partial charge in [0.05, 0.1) is 5.69 Å². The van der Waals surface area contributed by atoms with Crippen molar-refractivity contribution >= 4 is 11.6 Å². The maximum Gasteiger partial charge on any atom is 0.0542 e. The van der Waals surface area contributed by atoms with Crippen LogP contribution in [0.3, 0.4) is 0 Å². The summed E-state index contributed by atoms with van der Waals surface area (Å²) in [7, 11) is 0. The smallest absolute Gasteiger partial charge is 0.0542 e. The van der Waals surface area contributed by atoms with Crippen LogP contribution in [-0.2, 0) is 6.54 Å². The molecule has 1 aromatic carbocycles. The van der Waals surface area contributed by atoms with Gasteiger partial charge in [0.1, 0.15) is 0 Å². The largest absolute Gasteiger partial charge is 0.304 e. The molecule has 1 heterocycles. The summed E-state index contributed by atoms with van der Waals surface area (Å²) in [6, 6.07) is 12.5. The maximum atomic E-state index is 5.92. The molecular weight excluding hydrogens is 256 g/mol. The molecule has 2 nitrogen and oxygen atoms in total. The number of hydrogen-bond acceptors (Lipinski definition) is 2. The van der Waals surface area contributed by atoms with Gasteiger partial charge in [0.25, 0.3) is 0 Å². The van der Waals surface area contributed by atoms with Crippen LogP contribution in [0.1, 0.15) is 36.2 Å². The zero-order valence-corrected chi connectivity index (χ0v) is 12.1. The first-order valence-electron chi connectivity index (χ1n) is 6.59. The molecule has 0 saturated carbocycles. The third-order valence-electron chi connectivity index (χ3n) is 3.18. The Morgan fingerprint density at radius 2 is 1.89 bits per heavy atom. The molecular formula is C16H19ClN2. The van der Waals surface area contributed by atoms with Gasteiger partial charge in [-0.05, 0) is 42.7 Å². The van der Waals surface area contributed by atoms with Gasteiger partial charge < -0.3 is 5.32 Å². The normalized spacial score (nSPS) is 12.4. The standard InChI is InChI=1S/C16H19ClN2/c1-3-16(13-5-7-14(17)8-6-13)19-11-15-9-4-12(2)10-18-15/h4-10,16,19H,3,11H2,1-2H3. The molecule has 0 aliphatic rings. The molecule has 0 radical (unpaired) electrons. The van der Waals surface area contributed by atoms with E-state index in [4.69, 9.17) is 11.6 Å². The number of pyridine rings is 1. The summed E-state index contributed by atoms with van der Waals surface area (Å²) in [5.74, 6) is 0. The highest BCUT2D eigenvalue weighted by Gasteiger charge is 2.08. The van der Waals surface area contributed by atoms with E-state index in [9.17, 15) is 0 Å². The molecule has 0 bridgehead atoms. The van der Waals surface area contributed by atoms with Crippen molar-refractivity contribution in [3.8, 4) is 0 Å². The molecule has 1 N–H and O–H groups in total. The quantitative estimate of drug-likeness (QED) is 0.880. The highest BCUT2D eigenvalue weighted by molar-refractivity contribution is 6.30. The number of nitrogens with one attached hydrogen (secondary N) is 1. The van der Waals surface area contributed by atoms with Gasteiger partial charge in [-0.2, -0.15) is 0 Å². The summed E-state index contributed by atoms with van der Waals surface area (Å²) in [6.07, 6.45) is 2.94. The van der Waals surface area contributed by atoms with E-state index in [1.165, 1.54) is 11.1 Å². The summed E-state index contributed by atoms with van der Waals surface area (Å²) in [4.78, 5) is 4.41. The Kier molecular flexibility index (Phi) is 4.94. The second kappa shape index (κ2) is 6.69. The van der Waals surface area contributed by atoms with E-state index in [0.717, 1.165) is 23.7 Å². The fourth-order valence-electron chi connectivity index (χ4n) is 2.02. The molecule has 0 saturated heterocycles. The third kappa shape index (κ3) is 4.05. The second-order valence-corrected chi connectivity index (χ2v) is 5.16. The number of aryl methyl sites for hydroxylation is 1. The van der Waals surface area contributed by atoms with Gasteiger partial charge in [-0.25, -0.2) is 0 Å². The van der Waals surface area contributed by atoms with Gasteiger partial charge in [-0.15, -0.1) is 0 Å². The van der Waals surface area contributed by atoms with E-state index in [2.05, 4.69) is 41.5 Å².